The molecule has 0 aliphatic carbocycles. The number of aromatic nitrogens is 2. The highest BCUT2D eigenvalue weighted by molar-refractivity contribution is 7.91. The first-order valence-corrected chi connectivity index (χ1v) is 7.53. The number of hydrogen-bond donors (Lipinski definition) is 0. The third-order valence-electron chi connectivity index (χ3n) is 2.41. The molecule has 0 bridgehead atoms. The number of benzene rings is 1. The highest BCUT2D eigenvalue weighted by Crippen LogP contribution is 2.25. The molecule has 96 valence electrons. The van der Waals surface area contributed by atoms with Gasteiger partial charge in [0.2, 0.25) is 0 Å². The topological polar surface area (TPSA) is 52.0 Å². The van der Waals surface area contributed by atoms with Crippen molar-refractivity contribution in [3.05, 3.63) is 47.0 Å². The molecule has 0 aliphatic rings. The summed E-state index contributed by atoms with van der Waals surface area (Å²) in [7, 11) is -3.45. The summed E-state index contributed by atoms with van der Waals surface area (Å²) in [5, 5.41) is 0.533. The molecule has 0 fully saturated rings. The van der Waals surface area contributed by atoms with E-state index in [0.29, 0.717) is 11.6 Å². The summed E-state index contributed by atoms with van der Waals surface area (Å²) >= 11 is 11.7. The van der Waals surface area contributed by atoms with Crippen molar-refractivity contribution in [2.75, 3.05) is 5.75 Å². The molecule has 18 heavy (non-hydrogen) atoms. The zero-order chi connectivity index (χ0) is 13.2. The molecule has 1 aromatic carbocycles. The molecule has 0 N–H and O–H groups in total. The van der Waals surface area contributed by atoms with Crippen LogP contribution in [0, 0.1) is 0 Å². The Kier molecular flexibility index (Phi) is 3.94. The molecule has 0 atom stereocenters. The molecule has 0 spiro atoms. The van der Waals surface area contributed by atoms with Crippen molar-refractivity contribution in [3.63, 3.8) is 0 Å². The molecular weight excluding hydrogens is 295 g/mol. The summed E-state index contributed by atoms with van der Waals surface area (Å²) in [5.41, 5.74) is 0. The van der Waals surface area contributed by atoms with Gasteiger partial charge in [0.05, 0.1) is 22.0 Å². The highest BCUT2D eigenvalue weighted by atomic mass is 35.5. The number of rotatable bonds is 4. The van der Waals surface area contributed by atoms with E-state index in [9.17, 15) is 8.42 Å². The van der Waals surface area contributed by atoms with Gasteiger partial charge in [-0.25, -0.2) is 13.4 Å². The Hall–Kier alpha value is -1.04. The Labute approximate surface area is 115 Å². The van der Waals surface area contributed by atoms with Crippen molar-refractivity contribution in [2.24, 2.45) is 0 Å². The number of halogens is 2. The number of hydrogen-bond acceptors (Lipinski definition) is 3. The van der Waals surface area contributed by atoms with Crippen LogP contribution in [0.4, 0.5) is 0 Å². The van der Waals surface area contributed by atoms with Crippen molar-refractivity contribution in [1.82, 2.24) is 9.55 Å². The predicted octanol–water partition coefficient (Wildman–Crippen LogP) is 2.66. The predicted molar refractivity (Wildman–Crippen MR) is 70.7 cm³/mol. The normalized spacial score (nSPS) is 11.7. The number of sulfone groups is 1. The average molecular weight is 305 g/mol. The first-order chi connectivity index (χ1) is 8.49. The van der Waals surface area contributed by atoms with Gasteiger partial charge in [-0.2, -0.15) is 0 Å². The quantitative estimate of drug-likeness (QED) is 0.872. The van der Waals surface area contributed by atoms with Crippen molar-refractivity contribution in [1.29, 1.82) is 0 Å². The first kappa shape index (κ1) is 13.4. The fourth-order valence-corrected chi connectivity index (χ4v) is 3.52. The zero-order valence-electron chi connectivity index (χ0n) is 9.25. The lowest BCUT2D eigenvalue weighted by Crippen LogP contribution is -2.12. The molecule has 2 aromatic rings. The van der Waals surface area contributed by atoms with Crippen LogP contribution in [0.1, 0.15) is 0 Å². The third kappa shape index (κ3) is 3.04. The lowest BCUT2D eigenvalue weighted by Gasteiger charge is -2.07. The lowest BCUT2D eigenvalue weighted by molar-refractivity contribution is 0.589. The Morgan fingerprint density at radius 3 is 2.72 bits per heavy atom. The monoisotopic (exact) mass is 304 g/mol. The molecule has 0 unspecified atom stereocenters. The Morgan fingerprint density at radius 1 is 1.28 bits per heavy atom. The van der Waals surface area contributed by atoms with Gasteiger partial charge >= 0.3 is 0 Å². The molecule has 0 saturated heterocycles. The number of aryl methyl sites for hydroxylation is 1. The fraction of sp³-hybridized carbons (Fsp3) is 0.182. The Balaban J connectivity index is 2.22. The molecule has 0 radical (unpaired) electrons. The molecule has 1 heterocycles. The molecule has 1 aromatic heterocycles. The molecule has 7 heteroatoms. The first-order valence-electron chi connectivity index (χ1n) is 5.12. The maximum Gasteiger partial charge on any atom is 0.181 e. The van der Waals surface area contributed by atoms with Crippen LogP contribution in [0.25, 0.3) is 0 Å². The second-order valence-electron chi connectivity index (χ2n) is 3.69. The van der Waals surface area contributed by atoms with E-state index in [-0.39, 0.29) is 15.7 Å². The van der Waals surface area contributed by atoms with E-state index in [1.165, 1.54) is 12.1 Å². The average Bonchev–Trinajstić information content (AvgIpc) is 2.83. The van der Waals surface area contributed by atoms with Crippen molar-refractivity contribution in [3.8, 4) is 0 Å². The van der Waals surface area contributed by atoms with Crippen LogP contribution in [0.2, 0.25) is 10.0 Å². The van der Waals surface area contributed by atoms with E-state index in [0.717, 1.165) is 0 Å². The Morgan fingerprint density at radius 2 is 2.06 bits per heavy atom. The second-order valence-corrected chi connectivity index (χ2v) is 6.62. The highest BCUT2D eigenvalue weighted by Gasteiger charge is 2.18. The van der Waals surface area contributed by atoms with Crippen LogP contribution in [0.3, 0.4) is 0 Å². The smallest absolute Gasteiger partial charge is 0.181 e. The van der Waals surface area contributed by atoms with Crippen molar-refractivity contribution < 1.29 is 8.42 Å². The minimum absolute atomic E-state index is 0.0522. The minimum Gasteiger partial charge on any atom is -0.336 e. The van der Waals surface area contributed by atoms with E-state index in [2.05, 4.69) is 4.98 Å². The van der Waals surface area contributed by atoms with Crippen LogP contribution in [0.15, 0.2) is 41.8 Å². The van der Waals surface area contributed by atoms with E-state index >= 15 is 0 Å². The van der Waals surface area contributed by atoms with Gasteiger partial charge in [0, 0.05) is 24.0 Å². The van der Waals surface area contributed by atoms with Gasteiger partial charge < -0.3 is 4.57 Å². The van der Waals surface area contributed by atoms with Crippen LogP contribution < -0.4 is 0 Å². The van der Waals surface area contributed by atoms with Crippen molar-refractivity contribution >= 4 is 33.0 Å². The number of nitrogens with zero attached hydrogens (tertiary/aromatic N) is 2. The maximum atomic E-state index is 12.1. The molecule has 4 nitrogen and oxygen atoms in total. The molecule has 0 saturated carbocycles. The summed E-state index contributed by atoms with van der Waals surface area (Å²) < 4.78 is 25.9. The summed E-state index contributed by atoms with van der Waals surface area (Å²) in [6.45, 7) is 0.325. The largest absolute Gasteiger partial charge is 0.336 e. The van der Waals surface area contributed by atoms with Gasteiger partial charge in [0.15, 0.2) is 9.84 Å². The SMILES string of the molecule is O=S(=O)(CCn1ccnc1)c1cc(Cl)ccc1Cl. The van der Waals surface area contributed by atoms with Crippen molar-refractivity contribution in [2.45, 2.75) is 11.4 Å². The van der Waals surface area contributed by atoms with Gasteiger partial charge in [-0.15, -0.1) is 0 Å². The van der Waals surface area contributed by atoms with Gasteiger partial charge in [-0.3, -0.25) is 0 Å². The maximum absolute atomic E-state index is 12.1. The molecule has 0 aliphatic heterocycles. The fourth-order valence-electron chi connectivity index (χ4n) is 1.47. The summed E-state index contributed by atoms with van der Waals surface area (Å²) in [6.07, 6.45) is 4.86. The minimum atomic E-state index is -3.45. The van der Waals surface area contributed by atoms with Crippen LogP contribution in [-0.4, -0.2) is 23.7 Å². The van der Waals surface area contributed by atoms with Crippen LogP contribution >= 0.6 is 23.2 Å². The van der Waals surface area contributed by atoms with Crippen LogP contribution in [-0.2, 0) is 16.4 Å². The van der Waals surface area contributed by atoms with Gasteiger partial charge in [0.1, 0.15) is 0 Å². The summed E-state index contributed by atoms with van der Waals surface area (Å²) in [4.78, 5) is 3.91. The number of imidazole rings is 1. The van der Waals surface area contributed by atoms with E-state index in [1.807, 2.05) is 0 Å². The van der Waals surface area contributed by atoms with E-state index in [1.54, 1.807) is 29.4 Å². The lowest BCUT2D eigenvalue weighted by atomic mass is 10.4. The third-order valence-corrected chi connectivity index (χ3v) is 4.81. The van der Waals surface area contributed by atoms with Gasteiger partial charge in [-0.05, 0) is 18.2 Å². The van der Waals surface area contributed by atoms with Crippen LogP contribution in [0.5, 0.6) is 0 Å². The van der Waals surface area contributed by atoms with E-state index < -0.39 is 9.84 Å². The molecule has 0 amide bonds. The van der Waals surface area contributed by atoms with E-state index in [4.69, 9.17) is 23.2 Å². The Bertz CT molecular complexity index is 639. The zero-order valence-corrected chi connectivity index (χ0v) is 11.6. The standard InChI is InChI=1S/C11H10Cl2N2O2S/c12-9-1-2-10(13)11(7-9)18(16,17)6-5-15-4-3-14-8-15/h1-4,7-8H,5-6H2. The molecule has 2 rings (SSSR count). The second kappa shape index (κ2) is 5.30. The van der Waals surface area contributed by atoms with Gasteiger partial charge in [0.25, 0.3) is 0 Å². The molecular formula is C11H10Cl2N2O2S. The summed E-state index contributed by atoms with van der Waals surface area (Å²) in [6, 6.07) is 4.40. The van der Waals surface area contributed by atoms with Gasteiger partial charge in [-0.1, -0.05) is 23.2 Å². The summed E-state index contributed by atoms with van der Waals surface area (Å²) in [5.74, 6) is -0.0522.